The van der Waals surface area contributed by atoms with Gasteiger partial charge in [-0.15, -0.1) is 0 Å². The summed E-state index contributed by atoms with van der Waals surface area (Å²) in [5.41, 5.74) is 4.62. The van der Waals surface area contributed by atoms with Gasteiger partial charge in [-0.2, -0.15) is 5.10 Å². The number of nitrogens with zero attached hydrogens (tertiary/aromatic N) is 3. The molecule has 21 heavy (non-hydrogen) atoms. The van der Waals surface area contributed by atoms with Crippen LogP contribution in [0.25, 0.3) is 0 Å². The average Bonchev–Trinajstić information content (AvgIpc) is 2.82. The van der Waals surface area contributed by atoms with E-state index in [0.717, 1.165) is 17.1 Å². The molecule has 0 spiro atoms. The number of rotatable bonds is 8. The summed E-state index contributed by atoms with van der Waals surface area (Å²) in [6, 6.07) is -1.27. The van der Waals surface area contributed by atoms with E-state index in [1.54, 1.807) is 0 Å². The van der Waals surface area contributed by atoms with Crippen LogP contribution in [0.4, 0.5) is 5.69 Å². The van der Waals surface area contributed by atoms with E-state index in [1.807, 2.05) is 0 Å². The summed E-state index contributed by atoms with van der Waals surface area (Å²) in [6.07, 6.45) is 1.67. The Morgan fingerprint density at radius 2 is 2.19 bits per heavy atom. The van der Waals surface area contributed by atoms with Gasteiger partial charge >= 0.3 is 11.7 Å². The number of carbonyl (C=O) groups is 3. The van der Waals surface area contributed by atoms with Crippen LogP contribution in [0.5, 0.6) is 0 Å². The third-order valence-corrected chi connectivity index (χ3v) is 2.45. The molecule has 0 aliphatic rings. The van der Waals surface area contributed by atoms with Gasteiger partial charge < -0.3 is 16.2 Å². The van der Waals surface area contributed by atoms with Gasteiger partial charge in [-0.25, -0.2) is 4.79 Å². The molecule has 0 aliphatic carbocycles. The summed E-state index contributed by atoms with van der Waals surface area (Å²) in [7, 11) is 0. The Balaban J connectivity index is 2.58. The predicted octanol–water partition coefficient (Wildman–Crippen LogP) is -1.37. The van der Waals surface area contributed by atoms with E-state index in [0.29, 0.717) is 0 Å². The zero-order chi connectivity index (χ0) is 16.0. The highest BCUT2D eigenvalue weighted by Crippen LogP contribution is 2.07. The molecular weight excluding hydrogens is 286 g/mol. The number of amides is 2. The second kappa shape index (κ2) is 6.98. The van der Waals surface area contributed by atoms with Crippen molar-refractivity contribution in [3.05, 3.63) is 22.5 Å². The van der Waals surface area contributed by atoms with Crippen molar-refractivity contribution in [3.63, 3.8) is 0 Å². The minimum atomic E-state index is -1.31. The lowest BCUT2D eigenvalue weighted by molar-refractivity contribution is -0.385. The Hall–Kier alpha value is -2.98. The fourth-order valence-corrected chi connectivity index (χ4v) is 1.46. The van der Waals surface area contributed by atoms with E-state index in [2.05, 4.69) is 10.4 Å². The Bertz CT molecular complexity index is 568. The maximum atomic E-state index is 11.6. The highest BCUT2D eigenvalue weighted by atomic mass is 16.6. The molecule has 11 heteroatoms. The number of nitro groups is 1. The number of aliphatic carboxylic acids is 1. The van der Waals surface area contributed by atoms with Crippen molar-refractivity contribution < 1.29 is 24.4 Å². The minimum absolute atomic E-state index is 0.143. The van der Waals surface area contributed by atoms with Gasteiger partial charge in [0, 0.05) is 6.42 Å². The standard InChI is InChI=1S/C10H13N5O6/c11-8(16)2-1-7(10(18)19)13-9(17)5-14-4-6(3-12-14)15(20)21/h3-4,7H,1-2,5H2,(H2,11,16)(H,13,17)(H,18,19)/t7-/m0/s1. The molecule has 11 nitrogen and oxygen atoms in total. The molecule has 4 N–H and O–H groups in total. The molecule has 0 saturated heterocycles. The first-order chi connectivity index (χ1) is 9.79. The molecular formula is C10H13N5O6. The minimum Gasteiger partial charge on any atom is -0.480 e. The van der Waals surface area contributed by atoms with Gasteiger partial charge in [0.25, 0.3) is 0 Å². The number of carboxylic acids is 1. The van der Waals surface area contributed by atoms with Crippen LogP contribution in [0.1, 0.15) is 12.8 Å². The third-order valence-electron chi connectivity index (χ3n) is 2.45. The van der Waals surface area contributed by atoms with Crippen LogP contribution in [0, 0.1) is 10.1 Å². The molecule has 0 radical (unpaired) electrons. The van der Waals surface area contributed by atoms with Crippen LogP contribution in [-0.4, -0.2) is 43.6 Å². The van der Waals surface area contributed by atoms with Crippen LogP contribution >= 0.6 is 0 Å². The van der Waals surface area contributed by atoms with E-state index >= 15 is 0 Å². The van der Waals surface area contributed by atoms with Gasteiger partial charge in [0.1, 0.15) is 25.0 Å². The van der Waals surface area contributed by atoms with Gasteiger partial charge in [0.15, 0.2) is 0 Å². The summed E-state index contributed by atoms with van der Waals surface area (Å²) in [6.45, 7) is -0.381. The number of primary amides is 1. The summed E-state index contributed by atoms with van der Waals surface area (Å²) >= 11 is 0. The number of nitrogens with two attached hydrogens (primary N) is 1. The molecule has 0 aliphatic heterocycles. The second-order valence-electron chi connectivity index (χ2n) is 4.12. The van der Waals surface area contributed by atoms with Crippen molar-refractivity contribution in [3.8, 4) is 0 Å². The molecule has 1 rings (SSSR count). The summed E-state index contributed by atoms with van der Waals surface area (Å²) < 4.78 is 1.00. The van der Waals surface area contributed by atoms with Crippen LogP contribution in [0.2, 0.25) is 0 Å². The first-order valence-electron chi connectivity index (χ1n) is 5.77. The van der Waals surface area contributed by atoms with E-state index in [-0.39, 0.29) is 25.1 Å². The molecule has 2 amide bonds. The Morgan fingerprint density at radius 3 is 2.67 bits per heavy atom. The first-order valence-corrected chi connectivity index (χ1v) is 5.77. The second-order valence-corrected chi connectivity index (χ2v) is 4.12. The highest BCUT2D eigenvalue weighted by molar-refractivity contribution is 5.84. The quantitative estimate of drug-likeness (QED) is 0.392. The van der Waals surface area contributed by atoms with Crippen LogP contribution in [0.15, 0.2) is 12.4 Å². The zero-order valence-electron chi connectivity index (χ0n) is 10.8. The lowest BCUT2D eigenvalue weighted by atomic mass is 10.1. The van der Waals surface area contributed by atoms with Gasteiger partial charge in [-0.3, -0.25) is 24.4 Å². The Labute approximate surface area is 117 Å². The molecule has 0 unspecified atom stereocenters. The SMILES string of the molecule is NC(=O)CC[C@H](NC(=O)Cn1cc([N+](=O)[O-])cn1)C(=O)O. The summed E-state index contributed by atoms with van der Waals surface area (Å²) in [4.78, 5) is 42.9. The first kappa shape index (κ1) is 16.1. The smallest absolute Gasteiger partial charge is 0.326 e. The number of hydrogen-bond acceptors (Lipinski definition) is 6. The maximum absolute atomic E-state index is 11.6. The largest absolute Gasteiger partial charge is 0.480 e. The molecule has 1 heterocycles. The van der Waals surface area contributed by atoms with Crippen LogP contribution < -0.4 is 11.1 Å². The third kappa shape index (κ3) is 5.26. The summed E-state index contributed by atoms with van der Waals surface area (Å²) in [5, 5.41) is 25.1. The topological polar surface area (TPSA) is 170 Å². The molecule has 1 atom stereocenters. The van der Waals surface area contributed by atoms with Crippen molar-refractivity contribution in [1.82, 2.24) is 15.1 Å². The summed E-state index contributed by atoms with van der Waals surface area (Å²) in [5.74, 6) is -2.70. The number of carboxylic acid groups (broad SMARTS) is 1. The van der Waals surface area contributed by atoms with Crippen LogP contribution in [-0.2, 0) is 20.9 Å². The normalized spacial score (nSPS) is 11.6. The average molecular weight is 299 g/mol. The van der Waals surface area contributed by atoms with E-state index in [1.165, 1.54) is 0 Å². The molecule has 0 fully saturated rings. The highest BCUT2D eigenvalue weighted by Gasteiger charge is 2.21. The Kier molecular flexibility index (Phi) is 5.34. The number of aromatic nitrogens is 2. The number of hydrogen-bond donors (Lipinski definition) is 3. The molecule has 0 saturated carbocycles. The van der Waals surface area contributed by atoms with Gasteiger partial charge in [-0.05, 0) is 6.42 Å². The van der Waals surface area contributed by atoms with Gasteiger partial charge in [0.2, 0.25) is 11.8 Å². The monoisotopic (exact) mass is 299 g/mol. The molecule has 1 aromatic heterocycles. The number of carbonyl (C=O) groups excluding carboxylic acids is 2. The van der Waals surface area contributed by atoms with E-state index < -0.39 is 28.7 Å². The van der Waals surface area contributed by atoms with Crippen molar-refractivity contribution in [2.45, 2.75) is 25.4 Å². The molecule has 0 bridgehead atoms. The van der Waals surface area contributed by atoms with E-state index in [9.17, 15) is 24.5 Å². The predicted molar refractivity (Wildman–Crippen MR) is 66.9 cm³/mol. The molecule has 114 valence electrons. The molecule has 1 aromatic rings. The van der Waals surface area contributed by atoms with Gasteiger partial charge in [0.05, 0.1) is 4.92 Å². The fraction of sp³-hybridized carbons (Fsp3) is 0.400. The lowest BCUT2D eigenvalue weighted by Crippen LogP contribution is -2.42. The van der Waals surface area contributed by atoms with Crippen molar-refractivity contribution >= 4 is 23.5 Å². The number of nitrogens with one attached hydrogen (secondary N) is 1. The van der Waals surface area contributed by atoms with Crippen molar-refractivity contribution in [2.75, 3.05) is 0 Å². The lowest BCUT2D eigenvalue weighted by Gasteiger charge is -2.13. The maximum Gasteiger partial charge on any atom is 0.326 e. The Morgan fingerprint density at radius 1 is 1.52 bits per heavy atom. The zero-order valence-corrected chi connectivity index (χ0v) is 10.8. The van der Waals surface area contributed by atoms with E-state index in [4.69, 9.17) is 10.8 Å². The van der Waals surface area contributed by atoms with Gasteiger partial charge in [-0.1, -0.05) is 0 Å². The van der Waals surface area contributed by atoms with Crippen molar-refractivity contribution in [1.29, 1.82) is 0 Å². The van der Waals surface area contributed by atoms with Crippen molar-refractivity contribution in [2.24, 2.45) is 5.73 Å². The molecule has 0 aromatic carbocycles. The fourth-order valence-electron chi connectivity index (χ4n) is 1.46. The van der Waals surface area contributed by atoms with Crippen LogP contribution in [0.3, 0.4) is 0 Å².